The van der Waals surface area contributed by atoms with Crippen LogP contribution in [-0.4, -0.2) is 46.9 Å². The summed E-state index contributed by atoms with van der Waals surface area (Å²) in [5.74, 6) is -0.0640. The zero-order valence-electron chi connectivity index (χ0n) is 8.75. The summed E-state index contributed by atoms with van der Waals surface area (Å²) in [6, 6.07) is 0. The monoisotopic (exact) mass is 221 g/mol. The smallest absolute Gasteiger partial charge is 0.336 e. The highest BCUT2D eigenvalue weighted by Gasteiger charge is 2.28. The minimum absolute atomic E-state index is 0.0988. The van der Waals surface area contributed by atoms with Crippen LogP contribution in [0, 0.1) is 0 Å². The standard InChI is InChI=1S/C9H19NO3S/c1-9(13,8(11)12)7-10-5-3-4-6-14-2/h10,13H,3-7H2,1-2H3,(H,11,12). The zero-order valence-corrected chi connectivity index (χ0v) is 9.56. The lowest BCUT2D eigenvalue weighted by Gasteiger charge is -2.18. The maximum Gasteiger partial charge on any atom is 0.336 e. The molecule has 1 atom stereocenters. The Bertz CT molecular complexity index is 173. The maximum atomic E-state index is 10.5. The van der Waals surface area contributed by atoms with E-state index < -0.39 is 11.6 Å². The number of hydrogen-bond donors (Lipinski definition) is 3. The molecule has 0 aromatic carbocycles. The van der Waals surface area contributed by atoms with Gasteiger partial charge < -0.3 is 15.5 Å². The van der Waals surface area contributed by atoms with Crippen molar-refractivity contribution >= 4 is 17.7 Å². The topological polar surface area (TPSA) is 69.6 Å². The predicted molar refractivity (Wildman–Crippen MR) is 58.7 cm³/mol. The van der Waals surface area contributed by atoms with E-state index in [0.717, 1.165) is 25.1 Å². The molecule has 4 nitrogen and oxygen atoms in total. The van der Waals surface area contributed by atoms with E-state index in [9.17, 15) is 9.90 Å². The lowest BCUT2D eigenvalue weighted by molar-refractivity contribution is -0.156. The number of unbranched alkanes of at least 4 members (excludes halogenated alkanes) is 1. The van der Waals surface area contributed by atoms with Gasteiger partial charge in [-0.25, -0.2) is 4.79 Å². The van der Waals surface area contributed by atoms with E-state index in [1.54, 1.807) is 11.8 Å². The second-order valence-corrected chi connectivity index (χ2v) is 4.44. The molecule has 0 saturated carbocycles. The molecule has 0 aromatic heterocycles. The summed E-state index contributed by atoms with van der Waals surface area (Å²) < 4.78 is 0. The number of aliphatic hydroxyl groups is 1. The van der Waals surface area contributed by atoms with Crippen molar-refractivity contribution in [1.82, 2.24) is 5.32 Å². The van der Waals surface area contributed by atoms with Gasteiger partial charge in [0.15, 0.2) is 5.60 Å². The normalized spacial score (nSPS) is 15.1. The molecule has 0 rings (SSSR count). The average molecular weight is 221 g/mol. The van der Waals surface area contributed by atoms with Crippen molar-refractivity contribution in [2.75, 3.05) is 25.1 Å². The van der Waals surface area contributed by atoms with E-state index >= 15 is 0 Å². The fourth-order valence-corrected chi connectivity index (χ4v) is 1.40. The van der Waals surface area contributed by atoms with Gasteiger partial charge in [0.2, 0.25) is 0 Å². The van der Waals surface area contributed by atoms with Crippen LogP contribution in [0.2, 0.25) is 0 Å². The molecule has 5 heteroatoms. The van der Waals surface area contributed by atoms with Gasteiger partial charge in [-0.05, 0) is 38.3 Å². The molecule has 0 fully saturated rings. The minimum atomic E-state index is -1.65. The van der Waals surface area contributed by atoms with E-state index in [1.165, 1.54) is 6.92 Å². The number of carboxylic acid groups (broad SMARTS) is 1. The fourth-order valence-electron chi connectivity index (χ4n) is 0.904. The molecule has 84 valence electrons. The van der Waals surface area contributed by atoms with Crippen molar-refractivity contribution in [3.05, 3.63) is 0 Å². The molecular weight excluding hydrogens is 202 g/mol. The lowest BCUT2D eigenvalue weighted by atomic mass is 10.1. The van der Waals surface area contributed by atoms with Gasteiger partial charge in [-0.1, -0.05) is 0 Å². The molecule has 0 saturated heterocycles. The molecule has 0 aromatic rings. The number of carboxylic acids is 1. The SMILES string of the molecule is CSCCCCNCC(C)(O)C(=O)O. The second-order valence-electron chi connectivity index (χ2n) is 3.46. The second kappa shape index (κ2) is 7.09. The quantitative estimate of drug-likeness (QED) is 0.522. The van der Waals surface area contributed by atoms with Crippen LogP contribution < -0.4 is 5.32 Å². The van der Waals surface area contributed by atoms with Crippen molar-refractivity contribution in [3.63, 3.8) is 0 Å². The third-order valence-electron chi connectivity index (χ3n) is 1.88. The lowest BCUT2D eigenvalue weighted by Crippen LogP contribution is -2.45. The summed E-state index contributed by atoms with van der Waals surface area (Å²) in [6.45, 7) is 2.15. The Morgan fingerprint density at radius 1 is 1.50 bits per heavy atom. The van der Waals surface area contributed by atoms with Crippen LogP contribution >= 0.6 is 11.8 Å². The van der Waals surface area contributed by atoms with Crippen LogP contribution in [0.15, 0.2) is 0 Å². The first-order chi connectivity index (χ1) is 6.50. The zero-order chi connectivity index (χ0) is 11.0. The van der Waals surface area contributed by atoms with Crippen molar-refractivity contribution in [3.8, 4) is 0 Å². The number of hydrogen-bond acceptors (Lipinski definition) is 4. The van der Waals surface area contributed by atoms with Crippen LogP contribution in [0.4, 0.5) is 0 Å². The number of aliphatic carboxylic acids is 1. The molecule has 0 aliphatic carbocycles. The highest BCUT2D eigenvalue weighted by atomic mass is 32.2. The molecule has 1 unspecified atom stereocenters. The van der Waals surface area contributed by atoms with Crippen LogP contribution in [0.3, 0.4) is 0 Å². The van der Waals surface area contributed by atoms with E-state index in [4.69, 9.17) is 5.11 Å². The van der Waals surface area contributed by atoms with Crippen LogP contribution in [0.25, 0.3) is 0 Å². The molecule has 0 amide bonds. The number of rotatable bonds is 8. The van der Waals surface area contributed by atoms with E-state index in [1.807, 2.05) is 0 Å². The third kappa shape index (κ3) is 6.23. The molecule has 0 aliphatic heterocycles. The van der Waals surface area contributed by atoms with Crippen molar-refractivity contribution in [1.29, 1.82) is 0 Å². The van der Waals surface area contributed by atoms with Gasteiger partial charge in [-0.15, -0.1) is 0 Å². The summed E-state index contributed by atoms with van der Waals surface area (Å²) in [7, 11) is 0. The van der Waals surface area contributed by atoms with E-state index in [2.05, 4.69) is 11.6 Å². The number of nitrogens with one attached hydrogen (secondary N) is 1. The van der Waals surface area contributed by atoms with Gasteiger partial charge in [0.05, 0.1) is 0 Å². The van der Waals surface area contributed by atoms with Crippen LogP contribution in [0.1, 0.15) is 19.8 Å². The Kier molecular flexibility index (Phi) is 6.96. The van der Waals surface area contributed by atoms with Gasteiger partial charge in [0, 0.05) is 6.54 Å². The van der Waals surface area contributed by atoms with Crippen molar-refractivity contribution in [2.24, 2.45) is 0 Å². The molecule has 0 heterocycles. The summed E-state index contributed by atoms with van der Waals surface area (Å²) in [5, 5.41) is 20.8. The first kappa shape index (κ1) is 13.7. The Labute approximate surface area is 89.1 Å². The molecule has 14 heavy (non-hydrogen) atoms. The Hall–Kier alpha value is -0.260. The summed E-state index contributed by atoms with van der Waals surface area (Å²) >= 11 is 1.80. The predicted octanol–water partition coefficient (Wildman–Crippen LogP) is 0.555. The van der Waals surface area contributed by atoms with Gasteiger partial charge in [-0.3, -0.25) is 0 Å². The van der Waals surface area contributed by atoms with E-state index in [-0.39, 0.29) is 6.54 Å². The average Bonchev–Trinajstić information content (AvgIpc) is 2.10. The fraction of sp³-hybridized carbons (Fsp3) is 0.889. The van der Waals surface area contributed by atoms with Crippen LogP contribution in [-0.2, 0) is 4.79 Å². The Morgan fingerprint density at radius 2 is 2.14 bits per heavy atom. The molecule has 3 N–H and O–H groups in total. The van der Waals surface area contributed by atoms with Crippen molar-refractivity contribution in [2.45, 2.75) is 25.4 Å². The van der Waals surface area contributed by atoms with Crippen LogP contribution in [0.5, 0.6) is 0 Å². The Balaban J connectivity index is 3.40. The summed E-state index contributed by atoms with van der Waals surface area (Å²) in [4.78, 5) is 10.5. The largest absolute Gasteiger partial charge is 0.479 e. The summed E-state index contributed by atoms with van der Waals surface area (Å²) in [6.07, 6.45) is 4.18. The van der Waals surface area contributed by atoms with Gasteiger partial charge in [0.25, 0.3) is 0 Å². The number of thioether (sulfide) groups is 1. The number of carbonyl (C=O) groups is 1. The molecule has 0 aliphatic rings. The molecular formula is C9H19NO3S. The van der Waals surface area contributed by atoms with Gasteiger partial charge >= 0.3 is 5.97 Å². The Morgan fingerprint density at radius 3 is 2.64 bits per heavy atom. The summed E-state index contributed by atoms with van der Waals surface area (Å²) in [5.41, 5.74) is -1.65. The van der Waals surface area contributed by atoms with Crippen molar-refractivity contribution < 1.29 is 15.0 Å². The molecule has 0 radical (unpaired) electrons. The highest BCUT2D eigenvalue weighted by Crippen LogP contribution is 2.01. The highest BCUT2D eigenvalue weighted by molar-refractivity contribution is 7.98. The maximum absolute atomic E-state index is 10.5. The molecule has 0 spiro atoms. The first-order valence-electron chi connectivity index (χ1n) is 4.66. The molecule has 0 bridgehead atoms. The minimum Gasteiger partial charge on any atom is -0.479 e. The first-order valence-corrected chi connectivity index (χ1v) is 6.05. The van der Waals surface area contributed by atoms with Gasteiger partial charge in [0.1, 0.15) is 0 Å². The van der Waals surface area contributed by atoms with Gasteiger partial charge in [-0.2, -0.15) is 11.8 Å². The third-order valence-corrected chi connectivity index (χ3v) is 2.58. The van der Waals surface area contributed by atoms with E-state index in [0.29, 0.717) is 0 Å².